The van der Waals surface area contributed by atoms with Crippen LogP contribution in [0, 0.1) is 12.7 Å². The van der Waals surface area contributed by atoms with E-state index in [1.54, 1.807) is 13.0 Å². The molecule has 0 amide bonds. The van der Waals surface area contributed by atoms with E-state index < -0.39 is 5.97 Å². The lowest BCUT2D eigenvalue weighted by atomic mass is 10.2. The summed E-state index contributed by atoms with van der Waals surface area (Å²) in [6.07, 6.45) is 0. The molecule has 21 heavy (non-hydrogen) atoms. The number of benzene rings is 1. The molecule has 114 valence electrons. The van der Waals surface area contributed by atoms with Crippen LogP contribution >= 0.6 is 11.8 Å². The zero-order valence-electron chi connectivity index (χ0n) is 11.9. The number of carbonyl (C=O) groups is 1. The van der Waals surface area contributed by atoms with Crippen molar-refractivity contribution < 1.29 is 19.0 Å². The second kappa shape index (κ2) is 6.91. The van der Waals surface area contributed by atoms with Gasteiger partial charge in [0.05, 0.1) is 23.4 Å². The van der Waals surface area contributed by atoms with Crippen LogP contribution in [0.3, 0.4) is 0 Å². The molecule has 0 atom stereocenters. The van der Waals surface area contributed by atoms with Crippen LogP contribution in [0.2, 0.25) is 0 Å². The lowest BCUT2D eigenvalue weighted by molar-refractivity contribution is -0.133. The van der Waals surface area contributed by atoms with E-state index in [4.69, 9.17) is 9.84 Å². The fourth-order valence-corrected chi connectivity index (χ4v) is 2.74. The fraction of sp³-hybridized carbons (Fsp3) is 0.429. The molecule has 0 fully saturated rings. The smallest absolute Gasteiger partial charge is 0.313 e. The van der Waals surface area contributed by atoms with Gasteiger partial charge in [-0.3, -0.25) is 4.79 Å². The molecule has 0 radical (unpaired) electrons. The second-order valence-corrected chi connectivity index (χ2v) is 5.46. The maximum absolute atomic E-state index is 13.6. The normalized spacial score (nSPS) is 11.2. The van der Waals surface area contributed by atoms with Gasteiger partial charge in [-0.25, -0.2) is 9.37 Å². The molecule has 2 aromatic rings. The zero-order valence-corrected chi connectivity index (χ0v) is 12.7. The van der Waals surface area contributed by atoms with Gasteiger partial charge in [0, 0.05) is 19.2 Å². The summed E-state index contributed by atoms with van der Waals surface area (Å²) in [5.74, 6) is -1.31. The third kappa shape index (κ3) is 3.74. The summed E-state index contributed by atoms with van der Waals surface area (Å²) in [6.45, 7) is 5.26. The van der Waals surface area contributed by atoms with E-state index in [-0.39, 0.29) is 11.6 Å². The molecule has 7 heteroatoms. The van der Waals surface area contributed by atoms with Crippen molar-refractivity contribution in [2.75, 3.05) is 19.0 Å². The first-order valence-electron chi connectivity index (χ1n) is 6.61. The highest BCUT2D eigenvalue weighted by Gasteiger charge is 2.14. The quantitative estimate of drug-likeness (QED) is 0.629. The van der Waals surface area contributed by atoms with Gasteiger partial charge in [-0.05, 0) is 25.5 Å². The van der Waals surface area contributed by atoms with Gasteiger partial charge in [-0.2, -0.15) is 0 Å². The first-order valence-corrected chi connectivity index (χ1v) is 7.60. The molecular formula is C14H17FN2O3S. The number of carboxylic acids is 1. The Morgan fingerprint density at radius 2 is 2.29 bits per heavy atom. The summed E-state index contributed by atoms with van der Waals surface area (Å²) in [5, 5.41) is 9.37. The lowest BCUT2D eigenvalue weighted by Gasteiger charge is -2.08. The van der Waals surface area contributed by atoms with Crippen LogP contribution < -0.4 is 0 Å². The van der Waals surface area contributed by atoms with Gasteiger partial charge in [0.25, 0.3) is 0 Å². The van der Waals surface area contributed by atoms with Crippen LogP contribution in [-0.2, 0) is 16.1 Å². The highest BCUT2D eigenvalue weighted by Crippen LogP contribution is 2.26. The van der Waals surface area contributed by atoms with Crippen molar-refractivity contribution in [1.29, 1.82) is 0 Å². The standard InChI is InChI=1S/C14H17FN2O3S/c1-3-20-5-4-17-12-6-9(2)10(15)7-11(12)16-14(17)21-8-13(18)19/h6-7H,3-5,8H2,1-2H3,(H,18,19). The highest BCUT2D eigenvalue weighted by molar-refractivity contribution is 7.99. The molecule has 1 N–H and O–H groups in total. The molecule has 1 aromatic heterocycles. The Morgan fingerprint density at radius 1 is 1.52 bits per heavy atom. The maximum atomic E-state index is 13.6. The minimum atomic E-state index is -0.911. The molecule has 1 heterocycles. The van der Waals surface area contributed by atoms with Crippen molar-refractivity contribution in [2.45, 2.75) is 25.5 Å². The summed E-state index contributed by atoms with van der Waals surface area (Å²) in [4.78, 5) is 15.1. The molecule has 0 unspecified atom stereocenters. The van der Waals surface area contributed by atoms with E-state index >= 15 is 0 Å². The molecule has 1 aromatic carbocycles. The Kier molecular flexibility index (Phi) is 5.19. The largest absolute Gasteiger partial charge is 0.481 e. The van der Waals surface area contributed by atoms with Crippen LogP contribution in [0.25, 0.3) is 11.0 Å². The lowest BCUT2D eigenvalue weighted by Crippen LogP contribution is -2.08. The van der Waals surface area contributed by atoms with Crippen LogP contribution in [0.15, 0.2) is 17.3 Å². The fourth-order valence-electron chi connectivity index (χ4n) is 1.98. The second-order valence-electron chi connectivity index (χ2n) is 4.52. The van der Waals surface area contributed by atoms with Gasteiger partial charge < -0.3 is 14.4 Å². The van der Waals surface area contributed by atoms with Gasteiger partial charge in [0.15, 0.2) is 5.16 Å². The molecule has 0 aliphatic rings. The number of aromatic nitrogens is 2. The first kappa shape index (κ1) is 15.8. The van der Waals surface area contributed by atoms with Crippen molar-refractivity contribution in [2.24, 2.45) is 0 Å². The molecular weight excluding hydrogens is 295 g/mol. The molecule has 0 saturated carbocycles. The van der Waals surface area contributed by atoms with E-state index in [9.17, 15) is 9.18 Å². The number of imidazole rings is 1. The van der Waals surface area contributed by atoms with E-state index in [1.165, 1.54) is 6.07 Å². The number of hydrogen-bond donors (Lipinski definition) is 1. The van der Waals surface area contributed by atoms with Crippen molar-refractivity contribution in [1.82, 2.24) is 9.55 Å². The van der Waals surface area contributed by atoms with Crippen molar-refractivity contribution in [3.63, 3.8) is 0 Å². The summed E-state index contributed by atoms with van der Waals surface area (Å²) >= 11 is 1.12. The number of nitrogens with zero attached hydrogens (tertiary/aromatic N) is 2. The number of hydrogen-bond acceptors (Lipinski definition) is 4. The summed E-state index contributed by atoms with van der Waals surface area (Å²) in [5.41, 5.74) is 1.86. The number of aliphatic carboxylic acids is 1. The number of fused-ring (bicyclic) bond motifs is 1. The van der Waals surface area contributed by atoms with Crippen LogP contribution in [0.5, 0.6) is 0 Å². The Hall–Kier alpha value is -1.60. The first-order chi connectivity index (χ1) is 10.0. The number of carboxylic acid groups (broad SMARTS) is 1. The van der Waals surface area contributed by atoms with Crippen LogP contribution in [-0.4, -0.2) is 39.6 Å². The third-order valence-electron chi connectivity index (χ3n) is 2.98. The topological polar surface area (TPSA) is 64.3 Å². The molecule has 0 aliphatic carbocycles. The van der Waals surface area contributed by atoms with Crippen molar-refractivity contribution in [3.05, 3.63) is 23.5 Å². The predicted octanol–water partition coefficient (Wildman–Crippen LogP) is 2.70. The highest BCUT2D eigenvalue weighted by atomic mass is 32.2. The van der Waals surface area contributed by atoms with Crippen molar-refractivity contribution >= 4 is 28.8 Å². The number of rotatable bonds is 7. The van der Waals surface area contributed by atoms with Gasteiger partial charge in [-0.1, -0.05) is 11.8 Å². The minimum absolute atomic E-state index is 0.0839. The number of aryl methyl sites for hydroxylation is 1. The Bertz CT molecular complexity index is 657. The van der Waals surface area contributed by atoms with Gasteiger partial charge in [0.1, 0.15) is 5.82 Å². The van der Waals surface area contributed by atoms with E-state index in [0.717, 1.165) is 17.3 Å². The average Bonchev–Trinajstić information content (AvgIpc) is 2.75. The number of thioether (sulfide) groups is 1. The van der Waals surface area contributed by atoms with E-state index in [2.05, 4.69) is 4.98 Å². The molecule has 0 aliphatic heterocycles. The molecule has 0 spiro atoms. The van der Waals surface area contributed by atoms with Crippen molar-refractivity contribution in [3.8, 4) is 0 Å². The maximum Gasteiger partial charge on any atom is 0.313 e. The van der Waals surface area contributed by atoms with Gasteiger partial charge in [-0.15, -0.1) is 0 Å². The molecule has 5 nitrogen and oxygen atoms in total. The summed E-state index contributed by atoms with van der Waals surface area (Å²) in [6, 6.07) is 3.11. The van der Waals surface area contributed by atoms with Gasteiger partial charge in [0.2, 0.25) is 0 Å². The third-order valence-corrected chi connectivity index (χ3v) is 3.94. The Labute approximate surface area is 126 Å². The Balaban J connectivity index is 2.39. The molecule has 2 rings (SSSR count). The average molecular weight is 312 g/mol. The van der Waals surface area contributed by atoms with Crippen LogP contribution in [0.1, 0.15) is 12.5 Å². The zero-order chi connectivity index (χ0) is 15.4. The Morgan fingerprint density at radius 3 is 2.95 bits per heavy atom. The molecule has 0 saturated heterocycles. The minimum Gasteiger partial charge on any atom is -0.481 e. The van der Waals surface area contributed by atoms with Crippen LogP contribution in [0.4, 0.5) is 4.39 Å². The summed E-state index contributed by atoms with van der Waals surface area (Å²) in [7, 11) is 0. The van der Waals surface area contributed by atoms with Gasteiger partial charge >= 0.3 is 5.97 Å². The van der Waals surface area contributed by atoms with E-state index in [0.29, 0.717) is 36.0 Å². The monoisotopic (exact) mass is 312 g/mol. The number of ether oxygens (including phenoxy) is 1. The van der Waals surface area contributed by atoms with E-state index in [1.807, 2.05) is 11.5 Å². The summed E-state index contributed by atoms with van der Waals surface area (Å²) < 4.78 is 20.9. The predicted molar refractivity (Wildman–Crippen MR) is 79.3 cm³/mol. The number of halogens is 1. The molecule has 0 bridgehead atoms. The SMILES string of the molecule is CCOCCn1c(SCC(=O)O)nc2cc(F)c(C)cc21.